The molecular formula is C14H9F7N2O. The number of halogens is 7. The average Bonchev–Trinajstić information content (AvgIpc) is 2.95. The summed E-state index contributed by atoms with van der Waals surface area (Å²) < 4.78 is 89.5. The molecule has 2 aromatic rings. The van der Waals surface area contributed by atoms with Gasteiger partial charge in [-0.25, -0.2) is 4.39 Å². The summed E-state index contributed by atoms with van der Waals surface area (Å²) in [6.45, 7) is 0. The Kier molecular flexibility index (Phi) is 4.42. The maximum Gasteiger partial charge on any atom is 0.437 e. The Bertz CT molecular complexity index is 705. The molecule has 2 rings (SSSR count). The molecule has 0 fully saturated rings. The minimum Gasteiger partial charge on any atom is -0.292 e. The summed E-state index contributed by atoms with van der Waals surface area (Å²) in [7, 11) is 0. The Balaban J connectivity index is 2.33. The highest BCUT2D eigenvalue weighted by Crippen LogP contribution is 2.52. The van der Waals surface area contributed by atoms with Crippen molar-refractivity contribution in [3.63, 3.8) is 0 Å². The quantitative estimate of drug-likeness (QED) is 0.663. The highest BCUT2D eigenvalue weighted by atomic mass is 19.4. The lowest BCUT2D eigenvalue weighted by Crippen LogP contribution is -2.50. The number of ketones is 1. The van der Waals surface area contributed by atoms with Crippen LogP contribution in [0.4, 0.5) is 30.7 Å². The van der Waals surface area contributed by atoms with Gasteiger partial charge in [0.15, 0.2) is 5.78 Å². The maximum absolute atomic E-state index is 13.8. The van der Waals surface area contributed by atoms with Gasteiger partial charge in [0.05, 0.1) is 5.69 Å². The van der Waals surface area contributed by atoms with Crippen LogP contribution < -0.4 is 0 Å². The number of alkyl halides is 7. The third kappa shape index (κ3) is 3.13. The Morgan fingerprint density at radius 2 is 1.50 bits per heavy atom. The first-order valence-electron chi connectivity index (χ1n) is 6.42. The van der Waals surface area contributed by atoms with E-state index in [9.17, 15) is 35.5 Å². The number of carbonyl (C=O) groups is 1. The van der Waals surface area contributed by atoms with Crippen molar-refractivity contribution in [1.29, 1.82) is 0 Å². The second-order valence-corrected chi connectivity index (χ2v) is 4.91. The van der Waals surface area contributed by atoms with E-state index in [4.69, 9.17) is 0 Å². The SMILES string of the molecule is O=C(Cc1ccccc1)c1cc(C(F)(C(F)(F)F)C(F)(F)F)[nH]n1. The molecule has 0 aliphatic rings. The van der Waals surface area contributed by atoms with Crippen LogP contribution >= 0.6 is 0 Å². The third-order valence-electron chi connectivity index (χ3n) is 3.22. The number of hydrogen-bond acceptors (Lipinski definition) is 2. The monoisotopic (exact) mass is 354 g/mol. The number of aromatic nitrogens is 2. The van der Waals surface area contributed by atoms with Crippen LogP contribution in [0.5, 0.6) is 0 Å². The molecule has 0 radical (unpaired) electrons. The lowest BCUT2D eigenvalue weighted by atomic mass is 9.99. The van der Waals surface area contributed by atoms with Crippen molar-refractivity contribution in [2.45, 2.75) is 24.4 Å². The zero-order valence-corrected chi connectivity index (χ0v) is 11.7. The molecule has 0 bridgehead atoms. The Morgan fingerprint density at radius 1 is 0.958 bits per heavy atom. The first-order valence-corrected chi connectivity index (χ1v) is 6.42. The lowest BCUT2D eigenvalue weighted by Gasteiger charge is -2.28. The molecule has 0 saturated carbocycles. The van der Waals surface area contributed by atoms with Gasteiger partial charge in [0, 0.05) is 6.42 Å². The predicted molar refractivity (Wildman–Crippen MR) is 68.0 cm³/mol. The second kappa shape index (κ2) is 5.91. The van der Waals surface area contributed by atoms with Crippen molar-refractivity contribution in [2.75, 3.05) is 0 Å². The molecule has 1 N–H and O–H groups in total. The first-order chi connectivity index (χ1) is 11.0. The number of H-pyrrole nitrogens is 1. The fourth-order valence-corrected chi connectivity index (χ4v) is 1.98. The van der Waals surface area contributed by atoms with Gasteiger partial charge >= 0.3 is 18.0 Å². The van der Waals surface area contributed by atoms with Crippen LogP contribution in [-0.2, 0) is 12.1 Å². The molecule has 0 aliphatic carbocycles. The number of nitrogens with one attached hydrogen (secondary N) is 1. The molecule has 0 amide bonds. The van der Waals surface area contributed by atoms with Gasteiger partial charge in [-0.1, -0.05) is 30.3 Å². The van der Waals surface area contributed by atoms with Crippen LogP contribution in [0.3, 0.4) is 0 Å². The highest BCUT2D eigenvalue weighted by molar-refractivity contribution is 5.95. The van der Waals surface area contributed by atoms with Gasteiger partial charge < -0.3 is 0 Å². The van der Waals surface area contributed by atoms with Gasteiger partial charge in [-0.2, -0.15) is 31.4 Å². The van der Waals surface area contributed by atoms with E-state index in [1.54, 1.807) is 18.2 Å². The fourth-order valence-electron chi connectivity index (χ4n) is 1.98. The number of Topliss-reactive ketones (excluding diaryl/α,β-unsaturated/α-hetero) is 1. The zero-order valence-electron chi connectivity index (χ0n) is 11.7. The average molecular weight is 354 g/mol. The smallest absolute Gasteiger partial charge is 0.292 e. The fraction of sp³-hybridized carbons (Fsp3) is 0.286. The van der Waals surface area contributed by atoms with E-state index in [1.165, 1.54) is 17.2 Å². The number of rotatable bonds is 4. The topological polar surface area (TPSA) is 45.8 Å². The number of aromatic amines is 1. The van der Waals surface area contributed by atoms with Crippen molar-refractivity contribution >= 4 is 5.78 Å². The van der Waals surface area contributed by atoms with Crippen LogP contribution in [0, 0.1) is 0 Å². The van der Waals surface area contributed by atoms with Gasteiger partial charge in [-0.15, -0.1) is 0 Å². The minimum atomic E-state index is -6.27. The molecule has 1 aromatic heterocycles. The molecule has 3 nitrogen and oxygen atoms in total. The number of hydrogen-bond donors (Lipinski definition) is 1. The van der Waals surface area contributed by atoms with E-state index in [0.29, 0.717) is 5.56 Å². The van der Waals surface area contributed by atoms with Gasteiger partial charge in [0.2, 0.25) is 0 Å². The summed E-state index contributed by atoms with van der Waals surface area (Å²) in [6, 6.07) is 8.06. The molecule has 0 atom stereocenters. The standard InChI is InChI=1S/C14H9F7N2O/c15-12(13(16,17)18,14(19,20)21)11-7-9(22-23-11)10(24)6-8-4-2-1-3-5-8/h1-5,7H,6H2,(H,22,23). The number of benzene rings is 1. The molecule has 0 saturated heterocycles. The van der Waals surface area contributed by atoms with Crippen LogP contribution in [0.25, 0.3) is 0 Å². The van der Waals surface area contributed by atoms with Crippen LogP contribution in [-0.4, -0.2) is 28.3 Å². The molecule has 0 spiro atoms. The van der Waals surface area contributed by atoms with Gasteiger partial charge in [0.25, 0.3) is 0 Å². The number of nitrogens with zero attached hydrogens (tertiary/aromatic N) is 1. The van der Waals surface area contributed by atoms with Crippen molar-refractivity contribution < 1.29 is 35.5 Å². The lowest BCUT2D eigenvalue weighted by molar-refractivity contribution is -0.350. The molecule has 0 aliphatic heterocycles. The van der Waals surface area contributed by atoms with E-state index >= 15 is 0 Å². The van der Waals surface area contributed by atoms with E-state index in [0.717, 1.165) is 0 Å². The van der Waals surface area contributed by atoms with E-state index in [2.05, 4.69) is 5.10 Å². The molecule has 130 valence electrons. The summed E-state index contributed by atoms with van der Waals surface area (Å²) in [5.74, 6) is -0.851. The zero-order chi connectivity index (χ0) is 18.2. The highest BCUT2D eigenvalue weighted by Gasteiger charge is 2.74. The van der Waals surface area contributed by atoms with E-state index in [1.807, 2.05) is 0 Å². The van der Waals surface area contributed by atoms with Crippen molar-refractivity contribution in [3.8, 4) is 0 Å². The Labute approximate surface area is 130 Å². The van der Waals surface area contributed by atoms with E-state index < -0.39 is 35.2 Å². The first kappa shape index (κ1) is 18.0. The minimum absolute atomic E-state index is 0.131. The van der Waals surface area contributed by atoms with Crippen LogP contribution in [0.15, 0.2) is 36.4 Å². The van der Waals surface area contributed by atoms with Crippen LogP contribution in [0.1, 0.15) is 21.7 Å². The summed E-state index contributed by atoms with van der Waals surface area (Å²) in [5, 5.41) is 4.43. The van der Waals surface area contributed by atoms with Crippen LogP contribution in [0.2, 0.25) is 0 Å². The predicted octanol–water partition coefficient (Wildman–Crippen LogP) is 4.12. The van der Waals surface area contributed by atoms with Crippen molar-refractivity contribution in [2.24, 2.45) is 0 Å². The van der Waals surface area contributed by atoms with Gasteiger partial charge in [0.1, 0.15) is 5.69 Å². The second-order valence-electron chi connectivity index (χ2n) is 4.91. The van der Waals surface area contributed by atoms with Crippen molar-refractivity contribution in [1.82, 2.24) is 10.2 Å². The molecule has 0 unspecified atom stereocenters. The Hall–Kier alpha value is -2.39. The van der Waals surface area contributed by atoms with Gasteiger partial charge in [-0.05, 0) is 11.6 Å². The largest absolute Gasteiger partial charge is 0.437 e. The molecular weight excluding hydrogens is 345 g/mol. The van der Waals surface area contributed by atoms with Gasteiger partial charge in [-0.3, -0.25) is 9.89 Å². The molecule has 1 aromatic carbocycles. The third-order valence-corrected chi connectivity index (χ3v) is 3.22. The summed E-state index contributed by atoms with van der Waals surface area (Å²) >= 11 is 0. The molecule has 24 heavy (non-hydrogen) atoms. The normalized spacial score (nSPS) is 13.1. The summed E-state index contributed by atoms with van der Waals surface area (Å²) in [4.78, 5) is 11.9. The summed E-state index contributed by atoms with van der Waals surface area (Å²) in [6.07, 6.45) is -12.8. The number of carbonyl (C=O) groups excluding carboxylic acids is 1. The maximum atomic E-state index is 13.8. The molecule has 1 heterocycles. The van der Waals surface area contributed by atoms with E-state index in [-0.39, 0.29) is 12.5 Å². The Morgan fingerprint density at radius 3 is 2.00 bits per heavy atom. The molecule has 10 heteroatoms. The summed E-state index contributed by atoms with van der Waals surface area (Å²) in [5.41, 5.74) is -7.77. The van der Waals surface area contributed by atoms with Crippen molar-refractivity contribution in [3.05, 3.63) is 53.3 Å².